The van der Waals surface area contributed by atoms with Crippen LogP contribution in [0.3, 0.4) is 0 Å². The van der Waals surface area contributed by atoms with Gasteiger partial charge in [-0.25, -0.2) is 4.98 Å². The minimum atomic E-state index is 0.659. The first-order chi connectivity index (χ1) is 9.45. The Morgan fingerprint density at radius 1 is 1.15 bits per heavy atom. The molecule has 0 aliphatic heterocycles. The fourth-order valence-corrected chi connectivity index (χ4v) is 2.07. The summed E-state index contributed by atoms with van der Waals surface area (Å²) in [5.41, 5.74) is 1.73. The zero-order valence-electron chi connectivity index (χ0n) is 13.5. The maximum atomic E-state index is 9.39. The third-order valence-electron chi connectivity index (χ3n) is 3.50. The predicted octanol–water partition coefficient (Wildman–Crippen LogP) is 4.16. The summed E-state index contributed by atoms with van der Waals surface area (Å²) in [6, 6.07) is 4.22. The minimum absolute atomic E-state index is 0.659. The van der Waals surface area contributed by atoms with E-state index < -0.39 is 0 Å². The number of pyridine rings is 1. The molecule has 3 nitrogen and oxygen atoms in total. The molecule has 0 saturated heterocycles. The molecule has 110 valence electrons. The Labute approximate surface area is 123 Å². The molecule has 1 heterocycles. The molecule has 3 heteroatoms. The molecule has 1 rings (SSSR count). The number of aromatic nitrogens is 1. The molecule has 0 N–H and O–H groups in total. The molecule has 0 fully saturated rings. The lowest BCUT2D eigenvalue weighted by atomic mass is 10.1. The van der Waals surface area contributed by atoms with Crippen LogP contribution < -0.4 is 4.90 Å². The minimum Gasteiger partial charge on any atom is -0.355 e. The number of hydrogen-bond donors (Lipinski definition) is 0. The number of anilines is 1. The molecule has 0 unspecified atom stereocenters. The lowest BCUT2D eigenvalue weighted by Crippen LogP contribution is -2.29. The summed E-state index contributed by atoms with van der Waals surface area (Å²) in [5, 5.41) is 9.39. The first kappa shape index (κ1) is 16.5. The van der Waals surface area contributed by atoms with E-state index in [1.807, 2.05) is 19.2 Å². The molecule has 0 aliphatic carbocycles. The van der Waals surface area contributed by atoms with E-state index >= 15 is 0 Å². The molecule has 0 atom stereocenters. The van der Waals surface area contributed by atoms with Gasteiger partial charge in [0.15, 0.2) is 0 Å². The largest absolute Gasteiger partial charge is 0.355 e. The van der Waals surface area contributed by atoms with Crippen LogP contribution in [0.1, 0.15) is 51.7 Å². The van der Waals surface area contributed by atoms with Crippen LogP contribution in [0.5, 0.6) is 0 Å². The summed E-state index contributed by atoms with van der Waals surface area (Å²) >= 11 is 0. The van der Waals surface area contributed by atoms with E-state index in [0.29, 0.717) is 11.8 Å². The number of rotatable bonds is 7. The first-order valence-corrected chi connectivity index (χ1v) is 7.56. The Kier molecular flexibility index (Phi) is 6.51. The molecule has 0 saturated carbocycles. The first-order valence-electron chi connectivity index (χ1n) is 7.56. The number of nitrogens with zero attached hydrogens (tertiary/aromatic N) is 3. The van der Waals surface area contributed by atoms with Gasteiger partial charge >= 0.3 is 0 Å². The molecule has 0 bridgehead atoms. The second kappa shape index (κ2) is 7.89. The van der Waals surface area contributed by atoms with E-state index in [0.717, 1.165) is 42.9 Å². The maximum Gasteiger partial charge on any atom is 0.146 e. The predicted molar refractivity (Wildman–Crippen MR) is 84.8 cm³/mol. The smallest absolute Gasteiger partial charge is 0.146 e. The normalized spacial score (nSPS) is 10.9. The van der Waals surface area contributed by atoms with Crippen molar-refractivity contribution in [2.75, 3.05) is 18.0 Å². The Morgan fingerprint density at radius 3 is 2.15 bits per heavy atom. The molecule has 1 aromatic heterocycles. The number of aryl methyl sites for hydroxylation is 1. The summed E-state index contributed by atoms with van der Waals surface area (Å²) in [7, 11) is 0. The third-order valence-corrected chi connectivity index (χ3v) is 3.50. The maximum absolute atomic E-state index is 9.39. The van der Waals surface area contributed by atoms with E-state index in [2.05, 4.69) is 43.6 Å². The standard InChI is InChI=1S/C17H27N3/c1-13(2)7-10-20(11-8-14(3)4)17-16(12-18)15(5)6-9-19-17/h6,9,13-14H,7-8,10-11H2,1-5H3. The van der Waals surface area contributed by atoms with Gasteiger partial charge in [-0.1, -0.05) is 27.7 Å². The number of nitriles is 1. The Morgan fingerprint density at radius 2 is 1.70 bits per heavy atom. The zero-order chi connectivity index (χ0) is 15.1. The van der Waals surface area contributed by atoms with Crippen LogP contribution in [-0.4, -0.2) is 18.1 Å². The van der Waals surface area contributed by atoms with Crippen molar-refractivity contribution in [3.05, 3.63) is 23.4 Å². The van der Waals surface area contributed by atoms with Crippen molar-refractivity contribution in [2.24, 2.45) is 11.8 Å². The summed E-state index contributed by atoms with van der Waals surface area (Å²) in [6.45, 7) is 12.8. The van der Waals surface area contributed by atoms with Gasteiger partial charge in [-0.05, 0) is 43.2 Å². The monoisotopic (exact) mass is 273 g/mol. The van der Waals surface area contributed by atoms with Gasteiger partial charge in [0.05, 0.1) is 5.56 Å². The van der Waals surface area contributed by atoms with E-state index in [1.165, 1.54) is 0 Å². The molecule has 1 aromatic rings. The fourth-order valence-electron chi connectivity index (χ4n) is 2.07. The van der Waals surface area contributed by atoms with Gasteiger partial charge in [-0.2, -0.15) is 5.26 Å². The molecular weight excluding hydrogens is 246 g/mol. The third kappa shape index (κ3) is 4.85. The van der Waals surface area contributed by atoms with Gasteiger partial charge in [-0.15, -0.1) is 0 Å². The van der Waals surface area contributed by atoms with Gasteiger partial charge < -0.3 is 4.90 Å². The van der Waals surface area contributed by atoms with Gasteiger partial charge in [0, 0.05) is 19.3 Å². The highest BCUT2D eigenvalue weighted by atomic mass is 15.2. The average molecular weight is 273 g/mol. The summed E-state index contributed by atoms with van der Waals surface area (Å²) in [4.78, 5) is 6.75. The molecule has 0 aliphatic rings. The highest BCUT2D eigenvalue weighted by molar-refractivity contribution is 5.57. The van der Waals surface area contributed by atoms with E-state index in [4.69, 9.17) is 0 Å². The summed E-state index contributed by atoms with van der Waals surface area (Å²) < 4.78 is 0. The Bertz CT molecular complexity index is 446. The van der Waals surface area contributed by atoms with Crippen molar-refractivity contribution in [1.29, 1.82) is 5.26 Å². The van der Waals surface area contributed by atoms with Crippen LogP contribution in [0, 0.1) is 30.1 Å². The Hall–Kier alpha value is -1.56. The molecular formula is C17H27N3. The Balaban J connectivity index is 2.97. The van der Waals surface area contributed by atoms with E-state index in [-0.39, 0.29) is 0 Å². The molecule has 0 radical (unpaired) electrons. The van der Waals surface area contributed by atoms with Crippen molar-refractivity contribution in [2.45, 2.75) is 47.5 Å². The molecule has 0 aromatic carbocycles. The lowest BCUT2D eigenvalue weighted by molar-refractivity contribution is 0.532. The van der Waals surface area contributed by atoms with Crippen LogP contribution in [0.15, 0.2) is 12.3 Å². The van der Waals surface area contributed by atoms with Crippen molar-refractivity contribution >= 4 is 5.82 Å². The number of hydrogen-bond acceptors (Lipinski definition) is 3. The molecule has 0 spiro atoms. The quantitative estimate of drug-likeness (QED) is 0.749. The van der Waals surface area contributed by atoms with Gasteiger partial charge in [-0.3, -0.25) is 0 Å². The van der Waals surface area contributed by atoms with Gasteiger partial charge in [0.2, 0.25) is 0 Å². The van der Waals surface area contributed by atoms with Gasteiger partial charge in [0.1, 0.15) is 11.9 Å². The van der Waals surface area contributed by atoms with Crippen LogP contribution in [-0.2, 0) is 0 Å². The fraction of sp³-hybridized carbons (Fsp3) is 0.647. The summed E-state index contributed by atoms with van der Waals surface area (Å²) in [5.74, 6) is 2.17. The van der Waals surface area contributed by atoms with Crippen LogP contribution in [0.4, 0.5) is 5.82 Å². The van der Waals surface area contributed by atoms with Crippen LogP contribution in [0.25, 0.3) is 0 Å². The highest BCUT2D eigenvalue weighted by Gasteiger charge is 2.15. The SMILES string of the molecule is Cc1ccnc(N(CCC(C)C)CCC(C)C)c1C#N. The van der Waals surface area contributed by atoms with Crippen LogP contribution >= 0.6 is 0 Å². The van der Waals surface area contributed by atoms with Crippen molar-refractivity contribution in [1.82, 2.24) is 4.98 Å². The van der Waals surface area contributed by atoms with E-state index in [9.17, 15) is 5.26 Å². The summed E-state index contributed by atoms with van der Waals surface area (Å²) in [6.07, 6.45) is 4.06. The molecule has 20 heavy (non-hydrogen) atoms. The average Bonchev–Trinajstić information content (AvgIpc) is 2.38. The van der Waals surface area contributed by atoms with Gasteiger partial charge in [0.25, 0.3) is 0 Å². The second-order valence-corrected chi connectivity index (χ2v) is 6.29. The molecule has 0 amide bonds. The zero-order valence-corrected chi connectivity index (χ0v) is 13.5. The van der Waals surface area contributed by atoms with Crippen molar-refractivity contribution in [3.8, 4) is 6.07 Å². The highest BCUT2D eigenvalue weighted by Crippen LogP contribution is 2.22. The second-order valence-electron chi connectivity index (χ2n) is 6.29. The van der Waals surface area contributed by atoms with Crippen molar-refractivity contribution < 1.29 is 0 Å². The van der Waals surface area contributed by atoms with E-state index in [1.54, 1.807) is 0 Å². The topological polar surface area (TPSA) is 39.9 Å². The van der Waals surface area contributed by atoms with Crippen molar-refractivity contribution in [3.63, 3.8) is 0 Å². The van der Waals surface area contributed by atoms with Crippen LogP contribution in [0.2, 0.25) is 0 Å². The lowest BCUT2D eigenvalue weighted by Gasteiger charge is -2.26.